The van der Waals surface area contributed by atoms with Crippen LogP contribution in [-0.4, -0.2) is 6.54 Å². The van der Waals surface area contributed by atoms with Gasteiger partial charge in [-0.2, -0.15) is 0 Å². The Hall–Kier alpha value is -0.550. The van der Waals surface area contributed by atoms with E-state index in [1.807, 2.05) is 36.4 Å². The van der Waals surface area contributed by atoms with Gasteiger partial charge in [0.15, 0.2) is 0 Å². The number of hydrogen-bond acceptors (Lipinski definition) is 2. The first-order chi connectivity index (χ1) is 9.60. The zero-order chi connectivity index (χ0) is 14.5. The zero-order valence-electron chi connectivity index (χ0n) is 10.9. The first-order valence-corrected chi connectivity index (χ1v) is 8.18. The summed E-state index contributed by atoms with van der Waals surface area (Å²) in [5.74, 6) is 1.43. The van der Waals surface area contributed by atoms with Gasteiger partial charge >= 0.3 is 0 Å². The minimum atomic E-state index is 0.586. The molecule has 0 fully saturated rings. The van der Waals surface area contributed by atoms with Crippen LogP contribution < -0.4 is 10.1 Å². The van der Waals surface area contributed by atoms with E-state index in [-0.39, 0.29) is 0 Å². The molecule has 2 aromatic carbocycles. The molecule has 0 spiro atoms. The van der Waals surface area contributed by atoms with Gasteiger partial charge in [-0.05, 0) is 36.9 Å². The van der Waals surface area contributed by atoms with Crippen molar-refractivity contribution < 1.29 is 4.74 Å². The van der Waals surface area contributed by atoms with Gasteiger partial charge < -0.3 is 10.1 Å². The van der Waals surface area contributed by atoms with Crippen LogP contribution in [0.4, 0.5) is 0 Å². The van der Waals surface area contributed by atoms with Crippen molar-refractivity contribution in [1.29, 1.82) is 0 Å². The smallest absolute Gasteiger partial charge is 0.147 e. The molecule has 106 valence electrons. The molecule has 2 rings (SSSR count). The molecule has 0 aliphatic rings. The normalized spacial score (nSPS) is 10.6. The summed E-state index contributed by atoms with van der Waals surface area (Å²) in [6.45, 7) is 3.74. The molecule has 5 heteroatoms. The van der Waals surface area contributed by atoms with Crippen molar-refractivity contribution >= 4 is 43.5 Å². The third-order valence-electron chi connectivity index (χ3n) is 2.71. The van der Waals surface area contributed by atoms with Gasteiger partial charge in [0.2, 0.25) is 0 Å². The summed E-state index contributed by atoms with van der Waals surface area (Å²) in [4.78, 5) is 0. The Morgan fingerprint density at radius 3 is 2.40 bits per heavy atom. The van der Waals surface area contributed by atoms with E-state index in [0.29, 0.717) is 10.8 Å². The predicted octanol–water partition coefficient (Wildman–Crippen LogP) is 5.77. The molecule has 0 unspecified atom stereocenters. The lowest BCUT2D eigenvalue weighted by Crippen LogP contribution is -2.12. The van der Waals surface area contributed by atoms with Crippen molar-refractivity contribution in [2.75, 3.05) is 6.54 Å². The Labute approximate surface area is 140 Å². The Morgan fingerprint density at radius 1 is 1.05 bits per heavy atom. The van der Waals surface area contributed by atoms with Crippen LogP contribution in [0.2, 0.25) is 5.02 Å². The van der Waals surface area contributed by atoms with Gasteiger partial charge in [0.25, 0.3) is 0 Å². The summed E-state index contributed by atoms with van der Waals surface area (Å²) >= 11 is 13.1. The quantitative estimate of drug-likeness (QED) is 0.665. The molecule has 0 aliphatic heterocycles. The maximum atomic E-state index is 6.17. The molecule has 2 aromatic rings. The standard InChI is InChI=1S/C15H14Br2ClNO/c1-2-19-9-10-3-4-11(16)7-14(10)20-15-8-12(17)5-6-13(15)18/h3-8,19H,2,9H2,1H3. The Balaban J connectivity index is 2.31. The van der Waals surface area contributed by atoms with Crippen molar-refractivity contribution in [1.82, 2.24) is 5.32 Å². The molecule has 0 amide bonds. The van der Waals surface area contributed by atoms with E-state index in [9.17, 15) is 0 Å². The van der Waals surface area contributed by atoms with Crippen molar-refractivity contribution in [3.63, 3.8) is 0 Å². The molecule has 0 bridgehead atoms. The van der Waals surface area contributed by atoms with Gasteiger partial charge in [-0.15, -0.1) is 0 Å². The van der Waals surface area contributed by atoms with Crippen LogP contribution in [0.3, 0.4) is 0 Å². The number of halogens is 3. The molecule has 0 heterocycles. The fourth-order valence-corrected chi connectivity index (χ4v) is 2.54. The maximum absolute atomic E-state index is 6.17. The summed E-state index contributed by atoms with van der Waals surface area (Å²) in [6, 6.07) is 11.5. The first kappa shape index (κ1) is 15.8. The van der Waals surface area contributed by atoms with Crippen LogP contribution >= 0.6 is 43.5 Å². The lowest BCUT2D eigenvalue weighted by atomic mass is 10.2. The highest BCUT2D eigenvalue weighted by molar-refractivity contribution is 9.10. The van der Waals surface area contributed by atoms with Crippen LogP contribution in [0, 0.1) is 0 Å². The van der Waals surface area contributed by atoms with E-state index in [2.05, 4.69) is 44.1 Å². The summed E-state index contributed by atoms with van der Waals surface area (Å²) in [7, 11) is 0. The molecule has 0 saturated heterocycles. The zero-order valence-corrected chi connectivity index (χ0v) is 14.8. The maximum Gasteiger partial charge on any atom is 0.147 e. The molecular weight excluding hydrogens is 405 g/mol. The average Bonchev–Trinajstić information content (AvgIpc) is 2.42. The second-order valence-electron chi connectivity index (χ2n) is 4.21. The molecule has 0 atom stereocenters. The van der Waals surface area contributed by atoms with Gasteiger partial charge in [0.1, 0.15) is 11.5 Å². The number of rotatable bonds is 5. The van der Waals surface area contributed by atoms with E-state index in [1.165, 1.54) is 0 Å². The fourth-order valence-electron chi connectivity index (χ4n) is 1.70. The van der Waals surface area contributed by atoms with Crippen molar-refractivity contribution in [3.05, 3.63) is 55.9 Å². The average molecular weight is 420 g/mol. The first-order valence-electron chi connectivity index (χ1n) is 6.22. The number of ether oxygens (including phenoxy) is 1. The van der Waals surface area contributed by atoms with Crippen LogP contribution in [0.5, 0.6) is 11.5 Å². The Kier molecular flexibility index (Phi) is 5.90. The van der Waals surface area contributed by atoms with Crippen LogP contribution in [0.1, 0.15) is 12.5 Å². The van der Waals surface area contributed by atoms with Crippen LogP contribution in [-0.2, 0) is 6.54 Å². The molecule has 0 radical (unpaired) electrons. The van der Waals surface area contributed by atoms with Crippen molar-refractivity contribution in [2.24, 2.45) is 0 Å². The molecule has 0 aromatic heterocycles. The highest BCUT2D eigenvalue weighted by Crippen LogP contribution is 2.34. The van der Waals surface area contributed by atoms with Crippen molar-refractivity contribution in [3.8, 4) is 11.5 Å². The van der Waals surface area contributed by atoms with E-state index in [0.717, 1.165) is 33.3 Å². The Bertz CT molecular complexity index is 604. The second kappa shape index (κ2) is 7.46. The second-order valence-corrected chi connectivity index (χ2v) is 6.45. The van der Waals surface area contributed by atoms with E-state index >= 15 is 0 Å². The largest absolute Gasteiger partial charge is 0.455 e. The van der Waals surface area contributed by atoms with E-state index in [1.54, 1.807) is 0 Å². The predicted molar refractivity (Wildman–Crippen MR) is 90.7 cm³/mol. The van der Waals surface area contributed by atoms with Crippen LogP contribution in [0.15, 0.2) is 45.3 Å². The summed E-state index contributed by atoms with van der Waals surface area (Å²) < 4.78 is 7.87. The Morgan fingerprint density at radius 2 is 1.70 bits per heavy atom. The molecule has 2 nitrogen and oxygen atoms in total. The lowest BCUT2D eigenvalue weighted by molar-refractivity contribution is 0.473. The topological polar surface area (TPSA) is 21.3 Å². The van der Waals surface area contributed by atoms with Gasteiger partial charge in [0, 0.05) is 21.1 Å². The summed E-state index contributed by atoms with van der Waals surface area (Å²) in [5.41, 5.74) is 1.09. The molecular formula is C15H14Br2ClNO. The monoisotopic (exact) mass is 417 g/mol. The van der Waals surface area contributed by atoms with E-state index in [4.69, 9.17) is 16.3 Å². The van der Waals surface area contributed by atoms with Gasteiger partial charge in [-0.3, -0.25) is 0 Å². The molecule has 20 heavy (non-hydrogen) atoms. The van der Waals surface area contributed by atoms with Gasteiger partial charge in [-0.1, -0.05) is 56.5 Å². The van der Waals surface area contributed by atoms with Gasteiger partial charge in [0.05, 0.1) is 5.02 Å². The van der Waals surface area contributed by atoms with Crippen LogP contribution in [0.25, 0.3) is 0 Å². The highest BCUT2D eigenvalue weighted by Gasteiger charge is 2.09. The third-order valence-corrected chi connectivity index (χ3v) is 4.01. The molecule has 0 saturated carbocycles. The third kappa shape index (κ3) is 4.22. The molecule has 1 N–H and O–H groups in total. The van der Waals surface area contributed by atoms with Crippen molar-refractivity contribution in [2.45, 2.75) is 13.5 Å². The number of hydrogen-bond donors (Lipinski definition) is 1. The fraction of sp³-hybridized carbons (Fsp3) is 0.200. The number of nitrogens with one attached hydrogen (secondary N) is 1. The highest BCUT2D eigenvalue weighted by atomic mass is 79.9. The SMILES string of the molecule is CCNCc1ccc(Br)cc1Oc1cc(Br)ccc1Cl. The minimum absolute atomic E-state index is 0.586. The lowest BCUT2D eigenvalue weighted by Gasteiger charge is -2.13. The summed E-state index contributed by atoms with van der Waals surface area (Å²) in [6.07, 6.45) is 0. The summed E-state index contributed by atoms with van der Waals surface area (Å²) in [5, 5.41) is 3.88. The molecule has 0 aliphatic carbocycles. The van der Waals surface area contributed by atoms with E-state index < -0.39 is 0 Å². The van der Waals surface area contributed by atoms with Gasteiger partial charge in [-0.25, -0.2) is 0 Å². The minimum Gasteiger partial charge on any atom is -0.455 e. The number of benzene rings is 2.